The number of piperidine rings is 1. The van der Waals surface area contributed by atoms with E-state index in [1.54, 1.807) is 36.4 Å². The van der Waals surface area contributed by atoms with Crippen LogP contribution in [0.4, 0.5) is 0 Å². The molecule has 0 aromatic heterocycles. The quantitative estimate of drug-likeness (QED) is 0.846. The summed E-state index contributed by atoms with van der Waals surface area (Å²) in [5.74, 6) is 1.05. The largest absolute Gasteiger partial charge is 0.456 e. The lowest BCUT2D eigenvalue weighted by Gasteiger charge is -2.29. The minimum Gasteiger partial charge on any atom is -0.456 e. The summed E-state index contributed by atoms with van der Waals surface area (Å²) in [6, 6.07) is 13.4. The molecule has 1 atom stereocenters. The van der Waals surface area contributed by atoms with Crippen molar-refractivity contribution in [2.24, 2.45) is 5.73 Å². The molecule has 3 rings (SSSR count). The average Bonchev–Trinajstić information content (AvgIpc) is 2.57. The van der Waals surface area contributed by atoms with Crippen molar-refractivity contribution in [3.63, 3.8) is 0 Å². The summed E-state index contributed by atoms with van der Waals surface area (Å²) in [5, 5.41) is 0.497. The first-order chi connectivity index (χ1) is 11.5. The molecule has 0 radical (unpaired) electrons. The Labute approximate surface area is 159 Å². The predicted molar refractivity (Wildman–Crippen MR) is 101 cm³/mol. The smallest absolute Gasteiger partial charge is 0.243 e. The van der Waals surface area contributed by atoms with Gasteiger partial charge in [0.05, 0.1) is 9.92 Å². The Hall–Kier alpha value is -1.31. The fraction of sp³-hybridized carbons (Fsp3) is 0.294. The molecule has 1 heterocycles. The number of halogens is 2. The summed E-state index contributed by atoms with van der Waals surface area (Å²) < 4.78 is 32.5. The van der Waals surface area contributed by atoms with Crippen LogP contribution in [0.2, 0.25) is 5.02 Å². The summed E-state index contributed by atoms with van der Waals surface area (Å²) in [6.45, 7) is 0.869. The number of sulfonamides is 1. The van der Waals surface area contributed by atoms with E-state index in [0.717, 1.165) is 12.8 Å². The minimum absolute atomic E-state index is 0. The highest BCUT2D eigenvalue weighted by Crippen LogP contribution is 2.30. The lowest BCUT2D eigenvalue weighted by Crippen LogP contribution is -2.45. The highest BCUT2D eigenvalue weighted by molar-refractivity contribution is 7.89. The van der Waals surface area contributed by atoms with Crippen LogP contribution in [0, 0.1) is 0 Å². The second-order valence-corrected chi connectivity index (χ2v) is 8.11. The van der Waals surface area contributed by atoms with Crippen molar-refractivity contribution < 1.29 is 13.2 Å². The van der Waals surface area contributed by atoms with Gasteiger partial charge in [0.25, 0.3) is 0 Å². The van der Waals surface area contributed by atoms with Gasteiger partial charge in [-0.1, -0.05) is 23.7 Å². The van der Waals surface area contributed by atoms with E-state index in [1.807, 2.05) is 12.1 Å². The van der Waals surface area contributed by atoms with Crippen molar-refractivity contribution in [1.82, 2.24) is 4.31 Å². The van der Waals surface area contributed by atoms with Crippen LogP contribution in [0.25, 0.3) is 0 Å². The Bertz CT molecular complexity index is 813. The number of hydrogen-bond donors (Lipinski definition) is 1. The third-order valence-electron chi connectivity index (χ3n) is 3.95. The number of ether oxygens (including phenoxy) is 1. The Balaban J connectivity index is 0.00000225. The molecule has 0 saturated carbocycles. The summed E-state index contributed by atoms with van der Waals surface area (Å²) >= 11 is 6.05. The summed E-state index contributed by atoms with van der Waals surface area (Å²) in [6.07, 6.45) is 1.64. The van der Waals surface area contributed by atoms with Gasteiger partial charge in [0.2, 0.25) is 10.0 Å². The van der Waals surface area contributed by atoms with Crippen molar-refractivity contribution in [2.45, 2.75) is 23.8 Å². The topological polar surface area (TPSA) is 72.6 Å². The van der Waals surface area contributed by atoms with Crippen LogP contribution < -0.4 is 10.5 Å². The highest BCUT2D eigenvalue weighted by Gasteiger charge is 2.28. The van der Waals surface area contributed by atoms with Gasteiger partial charge < -0.3 is 10.5 Å². The number of nitrogens with two attached hydrogens (primary N) is 1. The number of hydrogen-bond acceptors (Lipinski definition) is 4. The fourth-order valence-electron chi connectivity index (χ4n) is 2.68. The third kappa shape index (κ3) is 4.65. The van der Waals surface area contributed by atoms with Crippen LogP contribution in [-0.4, -0.2) is 31.9 Å². The van der Waals surface area contributed by atoms with Gasteiger partial charge in [-0.15, -0.1) is 12.4 Å². The first-order valence-electron chi connectivity index (χ1n) is 7.75. The van der Waals surface area contributed by atoms with E-state index in [4.69, 9.17) is 22.1 Å². The molecule has 2 aromatic rings. The molecule has 1 fully saturated rings. The van der Waals surface area contributed by atoms with Gasteiger partial charge in [0.1, 0.15) is 11.5 Å². The van der Waals surface area contributed by atoms with Gasteiger partial charge in [-0.2, -0.15) is 4.31 Å². The van der Waals surface area contributed by atoms with Gasteiger partial charge in [-0.05, 0) is 49.2 Å². The number of benzene rings is 2. The lowest BCUT2D eigenvalue weighted by molar-refractivity contribution is 0.316. The normalized spacial score (nSPS) is 18.4. The van der Waals surface area contributed by atoms with E-state index in [-0.39, 0.29) is 23.3 Å². The van der Waals surface area contributed by atoms with E-state index in [1.165, 1.54) is 4.31 Å². The zero-order valence-corrected chi connectivity index (χ0v) is 15.9. The first kappa shape index (κ1) is 20.0. The second-order valence-electron chi connectivity index (χ2n) is 5.77. The van der Waals surface area contributed by atoms with Crippen LogP contribution in [0.15, 0.2) is 53.4 Å². The highest BCUT2D eigenvalue weighted by atomic mass is 35.5. The molecule has 25 heavy (non-hydrogen) atoms. The van der Waals surface area contributed by atoms with Crippen LogP contribution in [0.3, 0.4) is 0 Å². The monoisotopic (exact) mass is 402 g/mol. The van der Waals surface area contributed by atoms with Gasteiger partial charge in [-0.3, -0.25) is 0 Å². The molecule has 1 aliphatic rings. The minimum atomic E-state index is -3.52. The molecule has 0 bridgehead atoms. The summed E-state index contributed by atoms with van der Waals surface area (Å²) in [4.78, 5) is 0.239. The Kier molecular flexibility index (Phi) is 6.71. The van der Waals surface area contributed by atoms with Crippen molar-refractivity contribution in [2.75, 3.05) is 13.1 Å². The Morgan fingerprint density at radius 3 is 2.44 bits per heavy atom. The van der Waals surface area contributed by atoms with E-state index < -0.39 is 10.0 Å². The third-order valence-corrected chi connectivity index (χ3v) is 6.14. The molecule has 5 nitrogen and oxygen atoms in total. The standard InChI is InChI=1S/C17H19ClN2O3S.ClH/c18-16-5-1-2-6-17(16)23-14-7-9-15(10-8-14)24(21,22)20-11-3-4-13(19)12-20;/h1-2,5-10,13H,3-4,11-12,19H2;1H. The molecule has 1 aliphatic heterocycles. The van der Waals surface area contributed by atoms with Gasteiger partial charge >= 0.3 is 0 Å². The molecule has 2 aromatic carbocycles. The fourth-order valence-corrected chi connectivity index (χ4v) is 4.39. The Morgan fingerprint density at radius 2 is 1.80 bits per heavy atom. The van der Waals surface area contributed by atoms with Crippen molar-refractivity contribution >= 4 is 34.0 Å². The van der Waals surface area contributed by atoms with E-state index in [0.29, 0.717) is 29.6 Å². The number of rotatable bonds is 4. The first-order valence-corrected chi connectivity index (χ1v) is 9.57. The summed E-state index contributed by atoms with van der Waals surface area (Å²) in [7, 11) is -3.52. The number of para-hydroxylation sites is 1. The molecule has 0 spiro atoms. The lowest BCUT2D eigenvalue weighted by atomic mass is 10.1. The molecule has 0 amide bonds. The maximum Gasteiger partial charge on any atom is 0.243 e. The van der Waals surface area contributed by atoms with Crippen LogP contribution in [0.1, 0.15) is 12.8 Å². The van der Waals surface area contributed by atoms with E-state index in [2.05, 4.69) is 0 Å². The van der Waals surface area contributed by atoms with Gasteiger partial charge in [-0.25, -0.2) is 8.42 Å². The van der Waals surface area contributed by atoms with E-state index in [9.17, 15) is 8.42 Å². The molecule has 0 aliphatic carbocycles. The molecular formula is C17H20Cl2N2O3S. The maximum absolute atomic E-state index is 12.7. The molecular weight excluding hydrogens is 383 g/mol. The molecule has 1 unspecified atom stereocenters. The van der Waals surface area contributed by atoms with Crippen LogP contribution in [0.5, 0.6) is 11.5 Å². The van der Waals surface area contributed by atoms with Crippen molar-refractivity contribution in [3.8, 4) is 11.5 Å². The van der Waals surface area contributed by atoms with Crippen LogP contribution in [-0.2, 0) is 10.0 Å². The van der Waals surface area contributed by atoms with Gasteiger partial charge in [0.15, 0.2) is 0 Å². The van der Waals surface area contributed by atoms with Crippen molar-refractivity contribution in [3.05, 3.63) is 53.6 Å². The predicted octanol–water partition coefficient (Wildman–Crippen LogP) is 3.67. The molecule has 8 heteroatoms. The SMILES string of the molecule is Cl.NC1CCCN(S(=O)(=O)c2ccc(Oc3ccccc3Cl)cc2)C1. The summed E-state index contributed by atoms with van der Waals surface area (Å²) in [5.41, 5.74) is 5.89. The number of nitrogens with zero attached hydrogens (tertiary/aromatic N) is 1. The van der Waals surface area contributed by atoms with Crippen molar-refractivity contribution in [1.29, 1.82) is 0 Å². The van der Waals surface area contributed by atoms with Crippen LogP contribution >= 0.6 is 24.0 Å². The Morgan fingerprint density at radius 1 is 1.12 bits per heavy atom. The molecule has 1 saturated heterocycles. The zero-order valence-electron chi connectivity index (χ0n) is 13.5. The van der Waals surface area contributed by atoms with E-state index >= 15 is 0 Å². The molecule has 136 valence electrons. The average molecular weight is 403 g/mol. The van der Waals surface area contributed by atoms with Gasteiger partial charge in [0, 0.05) is 19.1 Å². The second kappa shape index (κ2) is 8.38. The molecule has 2 N–H and O–H groups in total. The maximum atomic E-state index is 12.7. The zero-order chi connectivity index (χ0) is 17.2.